The number of nitrogens with one attached hydrogen (secondary N) is 2. The zero-order valence-electron chi connectivity index (χ0n) is 15.9. The Morgan fingerprint density at radius 2 is 1.59 bits per heavy atom. The quantitative estimate of drug-likeness (QED) is 0.647. The van der Waals surface area contributed by atoms with Crippen molar-refractivity contribution in [1.82, 2.24) is 10.2 Å². The largest absolute Gasteiger partial charge is 0.322 e. The van der Waals surface area contributed by atoms with Crippen LogP contribution in [0.1, 0.15) is 11.5 Å². The average molecular weight is 404 g/mol. The first-order chi connectivity index (χ1) is 14.2. The molecule has 2 fully saturated rings. The number of urea groups is 1. The number of carbonyl (C=O) groups excluding carboxylic acids is 1. The first-order valence-corrected chi connectivity index (χ1v) is 10.3. The molecular weight excluding hydrogens is 382 g/mol. The molecule has 2 bridgehead atoms. The van der Waals surface area contributed by atoms with Gasteiger partial charge in [-0.05, 0) is 34.9 Å². The van der Waals surface area contributed by atoms with Gasteiger partial charge >= 0.3 is 6.03 Å². The highest BCUT2D eigenvalue weighted by molar-refractivity contribution is 6.30. The molecular formula is C24H22ClN3O. The summed E-state index contributed by atoms with van der Waals surface area (Å²) in [6, 6.07) is 26.7. The Morgan fingerprint density at radius 1 is 0.897 bits per heavy atom. The van der Waals surface area contributed by atoms with Crippen LogP contribution in [-0.2, 0) is 0 Å². The van der Waals surface area contributed by atoms with E-state index in [0.717, 1.165) is 18.8 Å². The minimum absolute atomic E-state index is 0.0547. The van der Waals surface area contributed by atoms with Gasteiger partial charge in [-0.15, -0.1) is 0 Å². The van der Waals surface area contributed by atoms with Crippen molar-refractivity contribution in [2.45, 2.75) is 18.0 Å². The first-order valence-electron chi connectivity index (χ1n) is 9.92. The number of piperazine rings is 1. The van der Waals surface area contributed by atoms with Crippen molar-refractivity contribution in [2.24, 2.45) is 0 Å². The maximum absolute atomic E-state index is 12.9. The molecule has 3 atom stereocenters. The number of hydrogen-bond donors (Lipinski definition) is 2. The lowest BCUT2D eigenvalue weighted by Gasteiger charge is -2.59. The molecule has 2 N–H and O–H groups in total. The van der Waals surface area contributed by atoms with Crippen molar-refractivity contribution in [3.63, 3.8) is 0 Å². The summed E-state index contributed by atoms with van der Waals surface area (Å²) in [5, 5.41) is 7.04. The Kier molecular flexibility index (Phi) is 4.74. The van der Waals surface area contributed by atoms with Crippen molar-refractivity contribution in [2.75, 3.05) is 18.4 Å². The first kappa shape index (κ1) is 18.2. The number of amides is 2. The van der Waals surface area contributed by atoms with Crippen LogP contribution in [0.4, 0.5) is 10.5 Å². The predicted molar refractivity (Wildman–Crippen MR) is 117 cm³/mol. The minimum Gasteiger partial charge on any atom is -0.315 e. The van der Waals surface area contributed by atoms with Crippen LogP contribution in [0.15, 0.2) is 78.9 Å². The van der Waals surface area contributed by atoms with Gasteiger partial charge < -0.3 is 15.5 Å². The molecule has 5 heteroatoms. The summed E-state index contributed by atoms with van der Waals surface area (Å²) in [4.78, 5) is 14.9. The molecule has 0 spiro atoms. The second-order valence-corrected chi connectivity index (χ2v) is 8.09. The van der Waals surface area contributed by atoms with Crippen LogP contribution in [0.25, 0.3) is 11.1 Å². The third kappa shape index (κ3) is 3.39. The van der Waals surface area contributed by atoms with E-state index in [2.05, 4.69) is 59.2 Å². The smallest absolute Gasteiger partial charge is 0.315 e. The number of benzene rings is 3. The summed E-state index contributed by atoms with van der Waals surface area (Å²) in [5.41, 5.74) is 4.46. The summed E-state index contributed by atoms with van der Waals surface area (Å²) in [6.07, 6.45) is 0. The monoisotopic (exact) mass is 403 g/mol. The van der Waals surface area contributed by atoms with Crippen LogP contribution in [0.5, 0.6) is 0 Å². The van der Waals surface area contributed by atoms with Crippen LogP contribution >= 0.6 is 11.6 Å². The fraction of sp³-hybridized carbons (Fsp3) is 0.208. The van der Waals surface area contributed by atoms with E-state index in [1.807, 2.05) is 23.1 Å². The molecule has 1 unspecified atom stereocenters. The molecule has 3 aromatic rings. The Morgan fingerprint density at radius 3 is 2.28 bits per heavy atom. The van der Waals surface area contributed by atoms with Crippen molar-refractivity contribution in [3.05, 3.63) is 89.4 Å². The van der Waals surface area contributed by atoms with Gasteiger partial charge in [0.05, 0.1) is 12.1 Å². The lowest BCUT2D eigenvalue weighted by Crippen LogP contribution is -2.74. The Labute approximate surface area is 175 Å². The molecule has 0 radical (unpaired) electrons. The second kappa shape index (κ2) is 7.54. The Balaban J connectivity index is 1.32. The van der Waals surface area contributed by atoms with E-state index in [-0.39, 0.29) is 18.1 Å². The summed E-state index contributed by atoms with van der Waals surface area (Å²) in [7, 11) is 0. The summed E-state index contributed by atoms with van der Waals surface area (Å²) in [6.45, 7) is 1.62. The highest BCUT2D eigenvalue weighted by Gasteiger charge is 2.53. The molecule has 3 aromatic carbocycles. The van der Waals surface area contributed by atoms with E-state index in [1.165, 1.54) is 16.7 Å². The molecule has 0 aromatic heterocycles. The van der Waals surface area contributed by atoms with E-state index in [0.29, 0.717) is 10.9 Å². The van der Waals surface area contributed by atoms with Gasteiger partial charge in [0, 0.05) is 29.7 Å². The molecule has 4 nitrogen and oxygen atoms in total. The van der Waals surface area contributed by atoms with Gasteiger partial charge in [-0.1, -0.05) is 72.3 Å². The van der Waals surface area contributed by atoms with Crippen molar-refractivity contribution in [1.29, 1.82) is 0 Å². The highest BCUT2D eigenvalue weighted by Crippen LogP contribution is 2.43. The highest BCUT2D eigenvalue weighted by atomic mass is 35.5. The molecule has 2 saturated heterocycles. The van der Waals surface area contributed by atoms with E-state index >= 15 is 0 Å². The van der Waals surface area contributed by atoms with Crippen LogP contribution < -0.4 is 10.6 Å². The molecule has 29 heavy (non-hydrogen) atoms. The molecule has 2 heterocycles. The lowest BCUT2D eigenvalue weighted by atomic mass is 9.72. The third-order valence-electron chi connectivity index (χ3n) is 5.96. The van der Waals surface area contributed by atoms with Crippen molar-refractivity contribution in [3.8, 4) is 11.1 Å². The van der Waals surface area contributed by atoms with E-state index in [1.54, 1.807) is 12.1 Å². The van der Waals surface area contributed by atoms with Crippen molar-refractivity contribution >= 4 is 23.3 Å². The van der Waals surface area contributed by atoms with E-state index in [4.69, 9.17) is 11.6 Å². The fourth-order valence-electron chi connectivity index (χ4n) is 4.60. The van der Waals surface area contributed by atoms with E-state index < -0.39 is 0 Å². The zero-order chi connectivity index (χ0) is 19.8. The predicted octanol–water partition coefficient (Wildman–Crippen LogP) is 4.98. The summed E-state index contributed by atoms with van der Waals surface area (Å²) in [5.74, 6) is 0.367. The van der Waals surface area contributed by atoms with Crippen LogP contribution in [0, 0.1) is 0 Å². The molecule has 2 aliphatic heterocycles. The normalized spacial score (nSPS) is 22.7. The molecule has 5 rings (SSSR count). The number of piperidine rings is 1. The fourth-order valence-corrected chi connectivity index (χ4v) is 4.80. The Bertz CT molecular complexity index is 1010. The number of rotatable bonds is 3. The van der Waals surface area contributed by atoms with Gasteiger partial charge in [-0.3, -0.25) is 0 Å². The van der Waals surface area contributed by atoms with Gasteiger partial charge in [0.2, 0.25) is 0 Å². The SMILES string of the molecule is O=C(Nc1cccc(Cl)c1)N1[C@@H]2CNC[C@H]1C2c1ccc(-c2ccccc2)cc1. The summed E-state index contributed by atoms with van der Waals surface area (Å²) < 4.78 is 0. The van der Waals surface area contributed by atoms with Gasteiger partial charge in [-0.25, -0.2) is 4.79 Å². The number of carbonyl (C=O) groups is 1. The molecule has 2 aliphatic rings. The maximum atomic E-state index is 12.9. The third-order valence-corrected chi connectivity index (χ3v) is 6.20. The minimum atomic E-state index is -0.0547. The lowest BCUT2D eigenvalue weighted by molar-refractivity contribution is 0.00202. The van der Waals surface area contributed by atoms with Gasteiger partial charge in [0.25, 0.3) is 0 Å². The van der Waals surface area contributed by atoms with Crippen LogP contribution in [-0.4, -0.2) is 36.1 Å². The van der Waals surface area contributed by atoms with Gasteiger partial charge in [0.15, 0.2) is 0 Å². The van der Waals surface area contributed by atoms with Gasteiger partial charge in [0.1, 0.15) is 0 Å². The number of hydrogen-bond acceptors (Lipinski definition) is 2. The van der Waals surface area contributed by atoms with Crippen LogP contribution in [0.2, 0.25) is 5.02 Å². The zero-order valence-corrected chi connectivity index (χ0v) is 16.6. The molecule has 0 saturated carbocycles. The standard InChI is InChI=1S/C24H22ClN3O/c25-19-7-4-8-20(13-19)27-24(29)28-21-14-26-15-22(28)23(21)18-11-9-17(10-12-18)16-5-2-1-3-6-16/h1-13,21-23,26H,14-15H2,(H,27,29)/t21-,22+,23?. The second-order valence-electron chi connectivity index (χ2n) is 7.65. The number of anilines is 1. The summed E-state index contributed by atoms with van der Waals surface area (Å²) >= 11 is 6.04. The average Bonchev–Trinajstić information content (AvgIpc) is 2.75. The van der Waals surface area contributed by atoms with Crippen molar-refractivity contribution < 1.29 is 4.79 Å². The Hall–Kier alpha value is -2.82. The maximum Gasteiger partial charge on any atom is 0.322 e. The van der Waals surface area contributed by atoms with Gasteiger partial charge in [-0.2, -0.15) is 0 Å². The number of fused-ring (bicyclic) bond motifs is 2. The number of halogens is 1. The number of nitrogens with zero attached hydrogens (tertiary/aromatic N) is 1. The molecule has 146 valence electrons. The van der Waals surface area contributed by atoms with Crippen LogP contribution in [0.3, 0.4) is 0 Å². The molecule has 0 aliphatic carbocycles. The molecule has 2 amide bonds. The van der Waals surface area contributed by atoms with E-state index in [9.17, 15) is 4.79 Å². The topological polar surface area (TPSA) is 44.4 Å².